The Morgan fingerprint density at radius 2 is 1.83 bits per heavy atom. The van der Waals surface area contributed by atoms with E-state index in [1.54, 1.807) is 24.3 Å². The summed E-state index contributed by atoms with van der Waals surface area (Å²) in [4.78, 5) is 16.3. The van der Waals surface area contributed by atoms with Crippen LogP contribution in [-0.4, -0.2) is 4.98 Å². The van der Waals surface area contributed by atoms with Crippen LogP contribution in [0.15, 0.2) is 57.7 Å². The van der Waals surface area contributed by atoms with E-state index in [1.807, 2.05) is 18.2 Å². The number of rotatable bonds is 3. The van der Waals surface area contributed by atoms with Gasteiger partial charge in [0, 0.05) is 0 Å². The third kappa shape index (κ3) is 3.35. The van der Waals surface area contributed by atoms with Gasteiger partial charge in [0.05, 0.1) is 10.9 Å². The smallest absolute Gasteiger partial charge is 0.347 e. The lowest BCUT2D eigenvalue weighted by Gasteiger charge is -2.05. The maximum absolute atomic E-state index is 12.0. The van der Waals surface area contributed by atoms with E-state index in [0.717, 1.165) is 5.56 Å². The highest BCUT2D eigenvalue weighted by Gasteiger charge is 2.09. The zero-order chi connectivity index (χ0) is 16.4. The summed E-state index contributed by atoms with van der Waals surface area (Å²) in [6, 6.07) is 15.1. The van der Waals surface area contributed by atoms with Crippen molar-refractivity contribution in [1.29, 1.82) is 0 Å². The van der Waals surface area contributed by atoms with Crippen LogP contribution < -0.4 is 5.63 Å². The van der Waals surface area contributed by atoms with Crippen molar-refractivity contribution in [3.05, 3.63) is 76.0 Å². The average Bonchev–Trinajstić information content (AvgIpc) is 2.55. The van der Waals surface area contributed by atoms with Gasteiger partial charge in [-0.25, -0.2) is 9.78 Å². The van der Waals surface area contributed by atoms with Crippen LogP contribution in [-0.2, 0) is 0 Å². The number of nitrogens with zero attached hydrogens (tertiary/aromatic N) is 1. The zero-order valence-electron chi connectivity index (χ0n) is 12.9. The topological polar surface area (TPSA) is 43.1 Å². The van der Waals surface area contributed by atoms with Crippen LogP contribution in [0.5, 0.6) is 0 Å². The van der Waals surface area contributed by atoms with Crippen molar-refractivity contribution >= 4 is 33.6 Å². The fourth-order valence-electron chi connectivity index (χ4n) is 2.31. The number of fused-ring (bicyclic) bond motifs is 1. The Labute approximate surface area is 139 Å². The van der Waals surface area contributed by atoms with Gasteiger partial charge in [-0.2, -0.15) is 0 Å². The van der Waals surface area contributed by atoms with Gasteiger partial charge < -0.3 is 4.42 Å². The first-order valence-corrected chi connectivity index (χ1v) is 7.80. The van der Waals surface area contributed by atoms with E-state index in [4.69, 9.17) is 16.0 Å². The number of hydrogen-bond donors (Lipinski definition) is 0. The summed E-state index contributed by atoms with van der Waals surface area (Å²) in [5, 5.41) is 0.743. The predicted molar refractivity (Wildman–Crippen MR) is 94.5 cm³/mol. The molecule has 0 N–H and O–H groups in total. The molecule has 0 bridgehead atoms. The molecule has 0 saturated heterocycles. The molecule has 0 saturated carbocycles. The van der Waals surface area contributed by atoms with Gasteiger partial charge >= 0.3 is 5.63 Å². The normalized spacial score (nSPS) is 12.1. The Morgan fingerprint density at radius 1 is 1.13 bits per heavy atom. The van der Waals surface area contributed by atoms with Gasteiger partial charge in [-0.15, -0.1) is 0 Å². The molecule has 23 heavy (non-hydrogen) atoms. The number of hydrogen-bond acceptors (Lipinski definition) is 3. The van der Waals surface area contributed by atoms with Gasteiger partial charge in [-0.1, -0.05) is 61.8 Å². The summed E-state index contributed by atoms with van der Waals surface area (Å²) in [5.74, 6) is 0.604. The standard InChI is InChI=1S/C19H16ClNO2/c1-12(2)14-9-7-13(8-10-14)11-16(20)18-21-17-6-4-3-5-15(17)19(22)23-18/h3-12H,1-2H3/b16-11-. The van der Waals surface area contributed by atoms with Gasteiger partial charge in [0.2, 0.25) is 5.89 Å². The third-order valence-electron chi connectivity index (χ3n) is 3.64. The van der Waals surface area contributed by atoms with Crippen LogP contribution in [0.2, 0.25) is 0 Å². The molecule has 3 aromatic rings. The third-order valence-corrected chi connectivity index (χ3v) is 3.91. The van der Waals surface area contributed by atoms with Crippen LogP contribution in [0.25, 0.3) is 22.0 Å². The Kier molecular flexibility index (Phi) is 4.30. The molecular formula is C19H16ClNO2. The van der Waals surface area contributed by atoms with E-state index in [9.17, 15) is 4.79 Å². The highest BCUT2D eigenvalue weighted by atomic mass is 35.5. The SMILES string of the molecule is CC(C)c1ccc(/C=C(\Cl)c2nc3ccccc3c(=O)o2)cc1. The van der Waals surface area contributed by atoms with Crippen molar-refractivity contribution in [1.82, 2.24) is 4.98 Å². The van der Waals surface area contributed by atoms with Crippen LogP contribution in [0.1, 0.15) is 36.8 Å². The Morgan fingerprint density at radius 3 is 2.52 bits per heavy atom. The number of benzene rings is 2. The predicted octanol–water partition coefficient (Wildman–Crippen LogP) is 5.05. The van der Waals surface area contributed by atoms with Gasteiger partial charge in [-0.3, -0.25) is 0 Å². The molecule has 0 radical (unpaired) electrons. The summed E-state index contributed by atoms with van der Waals surface area (Å²) in [6.45, 7) is 4.29. The molecule has 116 valence electrons. The molecule has 1 aromatic heterocycles. The molecule has 0 unspecified atom stereocenters. The minimum atomic E-state index is -0.438. The van der Waals surface area contributed by atoms with Crippen molar-refractivity contribution in [2.45, 2.75) is 19.8 Å². The summed E-state index contributed by atoms with van der Waals surface area (Å²) in [6.07, 6.45) is 1.74. The molecule has 0 aliphatic rings. The highest BCUT2D eigenvalue weighted by Crippen LogP contribution is 2.22. The van der Waals surface area contributed by atoms with E-state index in [1.165, 1.54) is 5.56 Å². The highest BCUT2D eigenvalue weighted by molar-refractivity contribution is 6.50. The van der Waals surface area contributed by atoms with Crippen molar-refractivity contribution in [3.63, 3.8) is 0 Å². The average molecular weight is 326 g/mol. The van der Waals surface area contributed by atoms with Crippen LogP contribution >= 0.6 is 11.6 Å². The molecule has 3 rings (SSSR count). The molecule has 0 amide bonds. The Hall–Kier alpha value is -2.39. The number of para-hydroxylation sites is 1. The molecule has 0 atom stereocenters. The number of aromatic nitrogens is 1. The molecule has 2 aromatic carbocycles. The first-order chi connectivity index (χ1) is 11.0. The Balaban J connectivity index is 1.99. The van der Waals surface area contributed by atoms with Gasteiger partial charge in [0.1, 0.15) is 5.03 Å². The maximum atomic E-state index is 12.0. The van der Waals surface area contributed by atoms with Gasteiger partial charge in [-0.05, 0) is 35.3 Å². The molecule has 0 aliphatic heterocycles. The van der Waals surface area contributed by atoms with E-state index in [0.29, 0.717) is 21.9 Å². The summed E-state index contributed by atoms with van der Waals surface area (Å²) >= 11 is 6.28. The summed E-state index contributed by atoms with van der Waals surface area (Å²) in [7, 11) is 0. The molecule has 0 spiro atoms. The van der Waals surface area contributed by atoms with E-state index < -0.39 is 5.63 Å². The van der Waals surface area contributed by atoms with Crippen molar-refractivity contribution < 1.29 is 4.42 Å². The van der Waals surface area contributed by atoms with E-state index >= 15 is 0 Å². The minimum absolute atomic E-state index is 0.128. The first-order valence-electron chi connectivity index (χ1n) is 7.42. The first kappa shape index (κ1) is 15.5. The molecule has 0 aliphatic carbocycles. The van der Waals surface area contributed by atoms with Crippen molar-refractivity contribution in [2.75, 3.05) is 0 Å². The van der Waals surface area contributed by atoms with Crippen LogP contribution in [0.4, 0.5) is 0 Å². The lowest BCUT2D eigenvalue weighted by atomic mass is 10.0. The maximum Gasteiger partial charge on any atom is 0.347 e. The van der Waals surface area contributed by atoms with E-state index in [-0.39, 0.29) is 5.89 Å². The van der Waals surface area contributed by atoms with Gasteiger partial charge in [0.15, 0.2) is 0 Å². The molecule has 1 heterocycles. The molecule has 4 heteroatoms. The zero-order valence-corrected chi connectivity index (χ0v) is 13.7. The second-order valence-corrected chi connectivity index (χ2v) is 6.04. The summed E-state index contributed by atoms with van der Waals surface area (Å²) < 4.78 is 5.22. The molecule has 3 nitrogen and oxygen atoms in total. The lowest BCUT2D eigenvalue weighted by molar-refractivity contribution is 0.489. The fourth-order valence-corrected chi connectivity index (χ4v) is 2.51. The second-order valence-electron chi connectivity index (χ2n) is 5.64. The fraction of sp³-hybridized carbons (Fsp3) is 0.158. The van der Waals surface area contributed by atoms with Crippen molar-refractivity contribution in [2.24, 2.45) is 0 Å². The van der Waals surface area contributed by atoms with Crippen LogP contribution in [0.3, 0.4) is 0 Å². The second kappa shape index (κ2) is 6.39. The quantitative estimate of drug-likeness (QED) is 0.677. The monoisotopic (exact) mass is 325 g/mol. The minimum Gasteiger partial charge on any atom is -0.402 e. The summed E-state index contributed by atoms with van der Waals surface area (Å²) in [5.41, 5.74) is 2.32. The van der Waals surface area contributed by atoms with E-state index in [2.05, 4.69) is 31.0 Å². The number of halogens is 1. The van der Waals surface area contributed by atoms with Crippen molar-refractivity contribution in [3.8, 4) is 0 Å². The van der Waals surface area contributed by atoms with Crippen LogP contribution in [0, 0.1) is 0 Å². The molecule has 0 fully saturated rings. The van der Waals surface area contributed by atoms with Gasteiger partial charge in [0.25, 0.3) is 0 Å². The largest absolute Gasteiger partial charge is 0.402 e. The molecular weight excluding hydrogens is 310 g/mol. The lowest BCUT2D eigenvalue weighted by Crippen LogP contribution is -2.03. The Bertz CT molecular complexity index is 924.